The topological polar surface area (TPSA) is 53.7 Å². The average Bonchev–Trinajstić information content (AvgIpc) is 2.83. The van der Waals surface area contributed by atoms with E-state index in [0.29, 0.717) is 23.4 Å². The minimum atomic E-state index is -0.992. The quantitative estimate of drug-likeness (QED) is 0.941. The first-order valence-corrected chi connectivity index (χ1v) is 8.22. The second-order valence-electron chi connectivity index (χ2n) is 5.50. The van der Waals surface area contributed by atoms with E-state index >= 15 is 0 Å². The predicted molar refractivity (Wildman–Crippen MR) is 85.0 cm³/mol. The maximum Gasteiger partial charge on any atom is 0.372 e. The zero-order valence-electron chi connectivity index (χ0n) is 12.2. The molecule has 5 heteroatoms. The lowest BCUT2D eigenvalue weighted by Gasteiger charge is -2.37. The zero-order valence-corrected chi connectivity index (χ0v) is 13.0. The molecule has 1 fully saturated rings. The molecule has 0 radical (unpaired) electrons. The SMILES string of the molecule is CC1SCCN(Cc2c(C(=O)O)oc3ccccc23)C1C. The van der Waals surface area contributed by atoms with Crippen molar-refractivity contribution >= 4 is 28.7 Å². The summed E-state index contributed by atoms with van der Waals surface area (Å²) in [7, 11) is 0. The molecule has 0 bridgehead atoms. The molecule has 0 spiro atoms. The highest BCUT2D eigenvalue weighted by Gasteiger charge is 2.28. The Morgan fingerprint density at radius 2 is 2.19 bits per heavy atom. The normalized spacial score (nSPS) is 23.5. The summed E-state index contributed by atoms with van der Waals surface area (Å²) >= 11 is 1.98. The van der Waals surface area contributed by atoms with Crippen molar-refractivity contribution < 1.29 is 14.3 Å². The first-order chi connectivity index (χ1) is 10.1. The summed E-state index contributed by atoms with van der Waals surface area (Å²) in [5, 5.41) is 10.9. The van der Waals surface area contributed by atoms with Crippen LogP contribution in [0.4, 0.5) is 0 Å². The van der Waals surface area contributed by atoms with Crippen LogP contribution in [0, 0.1) is 0 Å². The molecule has 0 saturated carbocycles. The van der Waals surface area contributed by atoms with E-state index in [1.54, 1.807) is 0 Å². The fourth-order valence-electron chi connectivity index (χ4n) is 2.85. The Labute approximate surface area is 128 Å². The molecular formula is C16H19NO3S. The number of aromatic carboxylic acids is 1. The van der Waals surface area contributed by atoms with Gasteiger partial charge in [0.25, 0.3) is 0 Å². The molecule has 2 heterocycles. The minimum absolute atomic E-state index is 0.0780. The number of carboxylic acids is 1. The van der Waals surface area contributed by atoms with Crippen LogP contribution < -0.4 is 0 Å². The number of carboxylic acid groups (broad SMARTS) is 1. The van der Waals surface area contributed by atoms with Gasteiger partial charge in [0.2, 0.25) is 5.76 Å². The van der Waals surface area contributed by atoms with E-state index in [2.05, 4.69) is 18.7 Å². The average molecular weight is 305 g/mol. The lowest BCUT2D eigenvalue weighted by atomic mass is 10.1. The monoisotopic (exact) mass is 305 g/mol. The van der Waals surface area contributed by atoms with Crippen LogP contribution in [0.25, 0.3) is 11.0 Å². The van der Waals surface area contributed by atoms with Crippen molar-refractivity contribution in [2.45, 2.75) is 31.7 Å². The van der Waals surface area contributed by atoms with Crippen LogP contribution in [-0.4, -0.2) is 39.6 Å². The highest BCUT2D eigenvalue weighted by atomic mass is 32.2. The Morgan fingerprint density at radius 1 is 1.43 bits per heavy atom. The van der Waals surface area contributed by atoms with E-state index < -0.39 is 5.97 Å². The van der Waals surface area contributed by atoms with Gasteiger partial charge in [-0.05, 0) is 13.0 Å². The van der Waals surface area contributed by atoms with E-state index in [1.165, 1.54) is 0 Å². The summed E-state index contributed by atoms with van der Waals surface area (Å²) in [6.07, 6.45) is 0. The Bertz CT molecular complexity index is 667. The number of nitrogens with zero attached hydrogens (tertiary/aromatic N) is 1. The molecule has 4 nitrogen and oxygen atoms in total. The van der Waals surface area contributed by atoms with Crippen LogP contribution in [0.1, 0.15) is 30.0 Å². The number of carbonyl (C=O) groups is 1. The van der Waals surface area contributed by atoms with Crippen LogP contribution >= 0.6 is 11.8 Å². The summed E-state index contributed by atoms with van der Waals surface area (Å²) in [5.41, 5.74) is 1.45. The Balaban J connectivity index is 1.99. The number of benzene rings is 1. The number of thioether (sulfide) groups is 1. The number of furan rings is 1. The first-order valence-electron chi connectivity index (χ1n) is 7.17. The molecule has 3 rings (SSSR count). The van der Waals surface area contributed by atoms with Crippen LogP contribution in [-0.2, 0) is 6.54 Å². The van der Waals surface area contributed by atoms with Crippen molar-refractivity contribution in [3.05, 3.63) is 35.6 Å². The third-order valence-electron chi connectivity index (χ3n) is 4.27. The van der Waals surface area contributed by atoms with Crippen LogP contribution in [0.5, 0.6) is 0 Å². The van der Waals surface area contributed by atoms with Gasteiger partial charge >= 0.3 is 5.97 Å². The van der Waals surface area contributed by atoms with Gasteiger partial charge in [0.05, 0.1) is 0 Å². The fourth-order valence-corrected chi connectivity index (χ4v) is 4.01. The van der Waals surface area contributed by atoms with E-state index in [-0.39, 0.29) is 5.76 Å². The van der Waals surface area contributed by atoms with Crippen LogP contribution in [0.2, 0.25) is 0 Å². The van der Waals surface area contributed by atoms with E-state index in [9.17, 15) is 9.90 Å². The summed E-state index contributed by atoms with van der Waals surface area (Å²) < 4.78 is 5.53. The summed E-state index contributed by atoms with van der Waals surface area (Å²) in [4.78, 5) is 13.8. The highest BCUT2D eigenvalue weighted by molar-refractivity contribution is 8.00. The van der Waals surface area contributed by atoms with Crippen LogP contribution in [0.3, 0.4) is 0 Å². The maximum absolute atomic E-state index is 11.5. The van der Waals surface area contributed by atoms with Crippen molar-refractivity contribution in [3.63, 3.8) is 0 Å². The highest BCUT2D eigenvalue weighted by Crippen LogP contribution is 2.31. The van der Waals surface area contributed by atoms with Crippen LogP contribution in [0.15, 0.2) is 28.7 Å². The Morgan fingerprint density at radius 3 is 2.95 bits per heavy atom. The van der Waals surface area contributed by atoms with Gasteiger partial charge in [0.15, 0.2) is 0 Å². The van der Waals surface area contributed by atoms with Gasteiger partial charge < -0.3 is 9.52 Å². The van der Waals surface area contributed by atoms with Gasteiger partial charge in [0.1, 0.15) is 5.58 Å². The molecule has 0 aliphatic carbocycles. The van der Waals surface area contributed by atoms with E-state index in [4.69, 9.17) is 4.42 Å². The molecule has 1 aliphatic heterocycles. The van der Waals surface area contributed by atoms with Crippen molar-refractivity contribution in [2.75, 3.05) is 12.3 Å². The molecule has 2 unspecified atom stereocenters. The lowest BCUT2D eigenvalue weighted by molar-refractivity contribution is 0.0660. The van der Waals surface area contributed by atoms with Gasteiger partial charge in [0, 0.05) is 41.1 Å². The smallest absolute Gasteiger partial charge is 0.372 e. The van der Waals surface area contributed by atoms with Gasteiger partial charge in [-0.3, -0.25) is 4.90 Å². The summed E-state index contributed by atoms with van der Waals surface area (Å²) in [5.74, 6) is 0.173. The molecule has 1 aliphatic rings. The maximum atomic E-state index is 11.5. The molecule has 1 aromatic carbocycles. The number of rotatable bonds is 3. The minimum Gasteiger partial charge on any atom is -0.475 e. The third-order valence-corrected chi connectivity index (χ3v) is 5.61. The van der Waals surface area contributed by atoms with Crippen molar-refractivity contribution in [3.8, 4) is 0 Å². The Hall–Kier alpha value is -1.46. The number of para-hydroxylation sites is 1. The molecule has 1 aromatic heterocycles. The van der Waals surface area contributed by atoms with Crippen molar-refractivity contribution in [1.29, 1.82) is 0 Å². The van der Waals surface area contributed by atoms with Crippen molar-refractivity contribution in [1.82, 2.24) is 4.90 Å². The second-order valence-corrected chi connectivity index (χ2v) is 6.98. The molecule has 1 saturated heterocycles. The molecule has 21 heavy (non-hydrogen) atoms. The van der Waals surface area contributed by atoms with E-state index in [0.717, 1.165) is 23.2 Å². The molecule has 1 N–H and O–H groups in total. The van der Waals surface area contributed by atoms with Gasteiger partial charge in [-0.2, -0.15) is 11.8 Å². The number of hydrogen-bond donors (Lipinski definition) is 1. The zero-order chi connectivity index (χ0) is 15.0. The molecule has 112 valence electrons. The fraction of sp³-hybridized carbons (Fsp3) is 0.438. The molecule has 0 amide bonds. The molecule has 2 aromatic rings. The molecular weight excluding hydrogens is 286 g/mol. The molecule has 2 atom stereocenters. The predicted octanol–water partition coefficient (Wildman–Crippen LogP) is 3.46. The summed E-state index contributed by atoms with van der Waals surface area (Å²) in [6.45, 7) is 6.05. The Kier molecular flexibility index (Phi) is 3.95. The largest absolute Gasteiger partial charge is 0.475 e. The number of fused-ring (bicyclic) bond motifs is 1. The first kappa shape index (κ1) is 14.5. The standard InChI is InChI=1S/C16H19NO3S/c1-10-11(2)21-8-7-17(10)9-13-12-5-3-4-6-14(12)20-15(13)16(18)19/h3-6,10-11H,7-9H2,1-2H3,(H,18,19). The third kappa shape index (κ3) is 2.68. The van der Waals surface area contributed by atoms with E-state index in [1.807, 2.05) is 36.0 Å². The van der Waals surface area contributed by atoms with Gasteiger partial charge in [-0.15, -0.1) is 0 Å². The summed E-state index contributed by atoms with van der Waals surface area (Å²) in [6, 6.07) is 7.98. The van der Waals surface area contributed by atoms with Crippen molar-refractivity contribution in [2.24, 2.45) is 0 Å². The van der Waals surface area contributed by atoms with Gasteiger partial charge in [-0.25, -0.2) is 4.79 Å². The van der Waals surface area contributed by atoms with Gasteiger partial charge in [-0.1, -0.05) is 25.1 Å². The second kappa shape index (κ2) is 5.73. The number of hydrogen-bond acceptors (Lipinski definition) is 4. The lowest BCUT2D eigenvalue weighted by Crippen LogP contribution is -2.44.